The van der Waals surface area contributed by atoms with Crippen LogP contribution in [0.25, 0.3) is 0 Å². The van der Waals surface area contributed by atoms with E-state index in [9.17, 15) is 4.79 Å². The number of nitrogens with zero attached hydrogens (tertiary/aromatic N) is 1. The van der Waals surface area contributed by atoms with Crippen molar-refractivity contribution in [3.8, 4) is 0 Å². The lowest BCUT2D eigenvalue weighted by atomic mass is 9.94. The summed E-state index contributed by atoms with van der Waals surface area (Å²) in [5, 5.41) is 3.48. The molecular formula is C15H23N3O2. The van der Waals surface area contributed by atoms with Crippen molar-refractivity contribution in [3.63, 3.8) is 0 Å². The summed E-state index contributed by atoms with van der Waals surface area (Å²) in [4.78, 5) is 13.9. The van der Waals surface area contributed by atoms with Crippen LogP contribution in [-0.4, -0.2) is 44.2 Å². The van der Waals surface area contributed by atoms with E-state index in [1.54, 1.807) is 18.2 Å². The van der Waals surface area contributed by atoms with Gasteiger partial charge in [0.15, 0.2) is 0 Å². The first-order valence-corrected chi connectivity index (χ1v) is 6.94. The van der Waals surface area contributed by atoms with Gasteiger partial charge in [0.1, 0.15) is 0 Å². The summed E-state index contributed by atoms with van der Waals surface area (Å²) in [6.07, 6.45) is 1.07. The van der Waals surface area contributed by atoms with Gasteiger partial charge in [-0.05, 0) is 44.1 Å². The van der Waals surface area contributed by atoms with Crippen LogP contribution >= 0.6 is 0 Å². The van der Waals surface area contributed by atoms with Crippen molar-refractivity contribution in [2.75, 3.05) is 38.3 Å². The highest BCUT2D eigenvalue weighted by molar-refractivity contribution is 5.92. The van der Waals surface area contributed by atoms with Crippen LogP contribution in [0.2, 0.25) is 0 Å². The minimum absolute atomic E-state index is 0.343. The summed E-state index contributed by atoms with van der Waals surface area (Å²) in [5.74, 6) is 0.194. The van der Waals surface area contributed by atoms with E-state index < -0.39 is 0 Å². The Bertz CT molecular complexity index is 490. The first-order valence-electron chi connectivity index (χ1n) is 6.94. The predicted octanol–water partition coefficient (Wildman–Crippen LogP) is 1.81. The lowest BCUT2D eigenvalue weighted by Gasteiger charge is -2.36. The molecule has 2 unspecified atom stereocenters. The van der Waals surface area contributed by atoms with Crippen molar-refractivity contribution in [2.24, 2.45) is 5.92 Å². The summed E-state index contributed by atoms with van der Waals surface area (Å²) in [6.45, 7) is 4.36. The van der Waals surface area contributed by atoms with Gasteiger partial charge in [-0.3, -0.25) is 0 Å². The third-order valence-electron chi connectivity index (χ3n) is 3.92. The number of hydrogen-bond donors (Lipinski definition) is 2. The van der Waals surface area contributed by atoms with Gasteiger partial charge in [0, 0.05) is 12.6 Å². The minimum Gasteiger partial charge on any atom is -0.465 e. The maximum absolute atomic E-state index is 11.6. The lowest BCUT2D eigenvalue weighted by Crippen LogP contribution is -2.43. The maximum Gasteiger partial charge on any atom is 0.337 e. The van der Waals surface area contributed by atoms with E-state index in [4.69, 9.17) is 10.5 Å². The predicted molar refractivity (Wildman–Crippen MR) is 80.9 cm³/mol. The number of nitrogen functional groups attached to an aromatic ring is 1. The van der Waals surface area contributed by atoms with Gasteiger partial charge in [-0.2, -0.15) is 0 Å². The molecule has 1 aliphatic heterocycles. The fraction of sp³-hybridized carbons (Fsp3) is 0.533. The molecule has 1 aromatic carbocycles. The zero-order chi connectivity index (χ0) is 14.7. The number of nitrogens with two attached hydrogens (primary N) is 1. The number of ether oxygens (including phenoxy) is 1. The number of anilines is 2. The monoisotopic (exact) mass is 277 g/mol. The van der Waals surface area contributed by atoms with Crippen LogP contribution in [0, 0.1) is 5.92 Å². The van der Waals surface area contributed by atoms with E-state index in [-0.39, 0.29) is 5.97 Å². The molecule has 0 aromatic heterocycles. The quantitative estimate of drug-likeness (QED) is 0.651. The van der Waals surface area contributed by atoms with Crippen molar-refractivity contribution in [1.29, 1.82) is 0 Å². The topological polar surface area (TPSA) is 67.6 Å². The second-order valence-electron chi connectivity index (χ2n) is 5.57. The lowest BCUT2D eigenvalue weighted by molar-refractivity contribution is 0.0601. The zero-order valence-electron chi connectivity index (χ0n) is 12.3. The molecule has 20 heavy (non-hydrogen) atoms. The van der Waals surface area contributed by atoms with E-state index in [0.29, 0.717) is 23.2 Å². The molecule has 0 bridgehead atoms. The molecule has 1 fully saturated rings. The molecule has 0 radical (unpaired) electrons. The Morgan fingerprint density at radius 2 is 2.25 bits per heavy atom. The molecule has 1 aliphatic rings. The van der Waals surface area contributed by atoms with E-state index >= 15 is 0 Å². The first-order chi connectivity index (χ1) is 9.51. The largest absolute Gasteiger partial charge is 0.465 e. The SMILES string of the molecule is COC(=O)c1ccc(N)c(NC2CCN(C)CC2C)c1. The number of nitrogens with one attached hydrogen (secondary N) is 1. The van der Waals surface area contributed by atoms with E-state index in [1.807, 2.05) is 0 Å². The Balaban J connectivity index is 2.14. The smallest absolute Gasteiger partial charge is 0.337 e. The molecule has 0 saturated carbocycles. The Morgan fingerprint density at radius 1 is 1.50 bits per heavy atom. The van der Waals surface area contributed by atoms with Gasteiger partial charge in [-0.1, -0.05) is 6.92 Å². The number of piperidine rings is 1. The van der Waals surface area contributed by atoms with Gasteiger partial charge in [-0.25, -0.2) is 4.79 Å². The van der Waals surface area contributed by atoms with E-state index in [0.717, 1.165) is 25.2 Å². The van der Waals surface area contributed by atoms with Gasteiger partial charge in [-0.15, -0.1) is 0 Å². The molecule has 2 atom stereocenters. The Kier molecular flexibility index (Phi) is 4.49. The standard InChI is InChI=1S/C15H23N3O2/c1-10-9-18(2)7-6-13(10)17-14-8-11(15(19)20-3)4-5-12(14)16/h4-5,8,10,13,17H,6-7,9,16H2,1-3H3. The van der Waals surface area contributed by atoms with Crippen molar-refractivity contribution >= 4 is 17.3 Å². The van der Waals surface area contributed by atoms with Crippen LogP contribution in [0.5, 0.6) is 0 Å². The van der Waals surface area contributed by atoms with Crippen molar-refractivity contribution in [3.05, 3.63) is 23.8 Å². The highest BCUT2D eigenvalue weighted by Crippen LogP contribution is 2.25. The molecule has 2 rings (SSSR count). The molecule has 1 aromatic rings. The van der Waals surface area contributed by atoms with Crippen molar-refractivity contribution in [2.45, 2.75) is 19.4 Å². The number of methoxy groups -OCH3 is 1. The van der Waals surface area contributed by atoms with Crippen LogP contribution < -0.4 is 11.1 Å². The summed E-state index contributed by atoms with van der Waals surface area (Å²) >= 11 is 0. The molecule has 0 aliphatic carbocycles. The molecule has 1 heterocycles. The van der Waals surface area contributed by atoms with Crippen LogP contribution in [0.4, 0.5) is 11.4 Å². The van der Waals surface area contributed by atoms with Gasteiger partial charge < -0.3 is 20.7 Å². The number of carbonyl (C=O) groups excluding carboxylic acids is 1. The normalized spacial score (nSPS) is 23.4. The van der Waals surface area contributed by atoms with Gasteiger partial charge in [0.05, 0.1) is 24.0 Å². The van der Waals surface area contributed by atoms with E-state index in [2.05, 4.69) is 24.2 Å². The minimum atomic E-state index is -0.343. The fourth-order valence-electron chi connectivity index (χ4n) is 2.69. The van der Waals surface area contributed by atoms with Gasteiger partial charge in [0.25, 0.3) is 0 Å². The zero-order valence-corrected chi connectivity index (χ0v) is 12.3. The number of likely N-dealkylation sites (tertiary alicyclic amines) is 1. The van der Waals surface area contributed by atoms with Crippen LogP contribution in [0.3, 0.4) is 0 Å². The number of hydrogen-bond acceptors (Lipinski definition) is 5. The van der Waals surface area contributed by atoms with E-state index in [1.165, 1.54) is 7.11 Å². The molecule has 5 heteroatoms. The second-order valence-corrected chi connectivity index (χ2v) is 5.57. The molecular weight excluding hydrogens is 254 g/mol. The Morgan fingerprint density at radius 3 is 2.90 bits per heavy atom. The number of benzene rings is 1. The summed E-state index contributed by atoms with van der Waals surface area (Å²) in [5.41, 5.74) is 7.98. The molecule has 0 spiro atoms. The summed E-state index contributed by atoms with van der Waals surface area (Å²) in [6, 6.07) is 5.58. The molecule has 110 valence electrons. The maximum atomic E-state index is 11.6. The van der Waals surface area contributed by atoms with Crippen LogP contribution in [0.15, 0.2) is 18.2 Å². The third-order valence-corrected chi connectivity index (χ3v) is 3.92. The fourth-order valence-corrected chi connectivity index (χ4v) is 2.69. The first kappa shape index (κ1) is 14.7. The number of rotatable bonds is 3. The Hall–Kier alpha value is -1.75. The van der Waals surface area contributed by atoms with Gasteiger partial charge in [0.2, 0.25) is 0 Å². The summed E-state index contributed by atoms with van der Waals surface area (Å²) in [7, 11) is 3.52. The summed E-state index contributed by atoms with van der Waals surface area (Å²) < 4.78 is 4.74. The third kappa shape index (κ3) is 3.22. The Labute approximate surface area is 120 Å². The van der Waals surface area contributed by atoms with Crippen LogP contribution in [0.1, 0.15) is 23.7 Å². The van der Waals surface area contributed by atoms with Crippen molar-refractivity contribution < 1.29 is 9.53 Å². The van der Waals surface area contributed by atoms with Gasteiger partial charge >= 0.3 is 5.97 Å². The molecule has 3 N–H and O–H groups in total. The number of esters is 1. The van der Waals surface area contributed by atoms with Crippen LogP contribution in [-0.2, 0) is 4.74 Å². The second kappa shape index (κ2) is 6.13. The molecule has 0 amide bonds. The molecule has 1 saturated heterocycles. The average molecular weight is 277 g/mol. The van der Waals surface area contributed by atoms with Crippen molar-refractivity contribution in [1.82, 2.24) is 4.90 Å². The number of carbonyl (C=O) groups is 1. The molecule has 5 nitrogen and oxygen atoms in total. The highest BCUT2D eigenvalue weighted by Gasteiger charge is 2.24. The average Bonchev–Trinajstić information content (AvgIpc) is 2.43. The highest BCUT2D eigenvalue weighted by atomic mass is 16.5.